The molecule has 0 saturated heterocycles. The van der Waals surface area contributed by atoms with Gasteiger partial charge in [-0.2, -0.15) is 0 Å². The van der Waals surface area contributed by atoms with E-state index in [0.29, 0.717) is 3.70 Å². The van der Waals surface area contributed by atoms with Crippen molar-refractivity contribution < 1.29 is 27.4 Å². The van der Waals surface area contributed by atoms with Crippen LogP contribution in [0.4, 0.5) is 13.2 Å². The smallest absolute Gasteiger partial charge is 0.466 e. The van der Waals surface area contributed by atoms with Gasteiger partial charge in [-0.15, -0.1) is 13.2 Å². The molecule has 0 saturated carbocycles. The highest BCUT2D eigenvalue weighted by Crippen LogP contribution is 2.30. The summed E-state index contributed by atoms with van der Waals surface area (Å²) in [5, 5.41) is 0. The number of ether oxygens (including phenoxy) is 2. The first-order valence-corrected chi connectivity index (χ1v) is 6.38. The maximum absolute atomic E-state index is 12.3. The fraction of sp³-hybridized carbons (Fsp3) is 0.455. The average Bonchev–Trinajstić information content (AvgIpc) is 2.22. The van der Waals surface area contributed by atoms with Gasteiger partial charge >= 0.3 is 12.3 Å². The normalized spacial score (nSPS) is 11.3. The van der Waals surface area contributed by atoms with Crippen LogP contribution in [0.15, 0.2) is 6.07 Å². The summed E-state index contributed by atoms with van der Waals surface area (Å²) >= 11 is 1.85. The van der Waals surface area contributed by atoms with Crippen molar-refractivity contribution in [2.24, 2.45) is 0 Å². The van der Waals surface area contributed by atoms with Crippen LogP contribution >= 0.6 is 22.6 Å². The summed E-state index contributed by atoms with van der Waals surface area (Å²) < 4.78 is 46.1. The number of nitrogens with zero attached hydrogens (tertiary/aromatic N) is 1. The van der Waals surface area contributed by atoms with E-state index in [1.54, 1.807) is 6.92 Å². The lowest BCUT2D eigenvalue weighted by atomic mass is 10.1. The molecule has 0 N–H and O–H groups in total. The topological polar surface area (TPSA) is 48.4 Å². The fourth-order valence-electron chi connectivity index (χ4n) is 1.44. The van der Waals surface area contributed by atoms with Gasteiger partial charge in [-0.05, 0) is 42.5 Å². The zero-order valence-corrected chi connectivity index (χ0v) is 12.3. The van der Waals surface area contributed by atoms with E-state index >= 15 is 0 Å². The highest BCUT2D eigenvalue weighted by atomic mass is 127. The van der Waals surface area contributed by atoms with E-state index in [1.807, 2.05) is 22.6 Å². The Balaban J connectivity index is 3.09. The molecule has 106 valence electrons. The van der Waals surface area contributed by atoms with E-state index in [2.05, 4.69) is 9.72 Å². The molecule has 1 rings (SSSR count). The highest BCUT2D eigenvalue weighted by molar-refractivity contribution is 14.1. The van der Waals surface area contributed by atoms with Gasteiger partial charge in [0.2, 0.25) is 0 Å². The SMILES string of the molecule is CCOC(=O)Cc1cc(I)nc(C)c1OC(F)(F)F. The van der Waals surface area contributed by atoms with Gasteiger partial charge in [-0.3, -0.25) is 4.79 Å². The number of carbonyl (C=O) groups is 1. The van der Waals surface area contributed by atoms with Crippen LogP contribution in [0.25, 0.3) is 0 Å². The number of aryl methyl sites for hydroxylation is 1. The van der Waals surface area contributed by atoms with Gasteiger partial charge in [0.05, 0.1) is 18.7 Å². The molecule has 0 unspecified atom stereocenters. The third kappa shape index (κ3) is 5.21. The molecule has 0 atom stereocenters. The molecule has 1 aromatic rings. The lowest BCUT2D eigenvalue weighted by Crippen LogP contribution is -2.20. The van der Waals surface area contributed by atoms with E-state index in [4.69, 9.17) is 4.74 Å². The summed E-state index contributed by atoms with van der Waals surface area (Å²) in [4.78, 5) is 15.3. The fourth-order valence-corrected chi connectivity index (χ4v) is 2.18. The molecule has 0 aliphatic heterocycles. The lowest BCUT2D eigenvalue weighted by Gasteiger charge is -2.15. The van der Waals surface area contributed by atoms with Gasteiger partial charge in [0.15, 0.2) is 5.75 Å². The number of esters is 1. The third-order valence-corrected chi connectivity index (χ3v) is 2.60. The summed E-state index contributed by atoms with van der Waals surface area (Å²) in [5.74, 6) is -1.06. The second-order valence-electron chi connectivity index (χ2n) is 3.55. The van der Waals surface area contributed by atoms with E-state index in [-0.39, 0.29) is 24.3 Å². The quantitative estimate of drug-likeness (QED) is 0.452. The number of halogens is 4. The molecule has 0 amide bonds. The Bertz CT molecular complexity index is 477. The number of alkyl halides is 3. The second kappa shape index (κ2) is 6.40. The first kappa shape index (κ1) is 16.0. The molecule has 0 spiro atoms. The summed E-state index contributed by atoms with van der Waals surface area (Å²) in [6.07, 6.45) is -5.12. The van der Waals surface area contributed by atoms with Crippen LogP contribution in [0.3, 0.4) is 0 Å². The summed E-state index contributed by atoms with van der Waals surface area (Å²) in [6.45, 7) is 3.17. The monoisotopic (exact) mass is 389 g/mol. The van der Waals surface area contributed by atoms with Crippen molar-refractivity contribution in [3.05, 3.63) is 21.0 Å². The molecule has 1 aromatic heterocycles. The van der Waals surface area contributed by atoms with Crippen LogP contribution in [0, 0.1) is 10.6 Å². The minimum absolute atomic E-state index is 0.0727. The molecule has 0 bridgehead atoms. The van der Waals surface area contributed by atoms with Gasteiger partial charge in [0, 0.05) is 5.56 Å². The first-order valence-electron chi connectivity index (χ1n) is 5.30. The minimum atomic E-state index is -4.83. The number of hydrogen-bond donors (Lipinski definition) is 0. The Morgan fingerprint density at radius 3 is 2.63 bits per heavy atom. The zero-order chi connectivity index (χ0) is 14.6. The molecule has 0 fully saturated rings. The van der Waals surface area contributed by atoms with Crippen molar-refractivity contribution in [2.75, 3.05) is 6.61 Å². The molecule has 8 heteroatoms. The molecule has 19 heavy (non-hydrogen) atoms. The molecular weight excluding hydrogens is 378 g/mol. The van der Waals surface area contributed by atoms with Crippen LogP contribution in [0.5, 0.6) is 5.75 Å². The van der Waals surface area contributed by atoms with E-state index in [0.717, 1.165) is 0 Å². The number of pyridine rings is 1. The summed E-state index contributed by atoms with van der Waals surface area (Å²) in [7, 11) is 0. The number of carbonyl (C=O) groups excluding carboxylic acids is 1. The molecule has 0 radical (unpaired) electrons. The largest absolute Gasteiger partial charge is 0.573 e. The Morgan fingerprint density at radius 2 is 2.11 bits per heavy atom. The highest BCUT2D eigenvalue weighted by Gasteiger charge is 2.33. The Morgan fingerprint density at radius 1 is 1.47 bits per heavy atom. The van der Waals surface area contributed by atoms with Crippen molar-refractivity contribution in [1.82, 2.24) is 4.98 Å². The van der Waals surface area contributed by atoms with Gasteiger partial charge in [-0.1, -0.05) is 0 Å². The van der Waals surface area contributed by atoms with Crippen LogP contribution in [-0.2, 0) is 16.0 Å². The Labute approximate surface area is 121 Å². The average molecular weight is 389 g/mol. The molecule has 1 heterocycles. The zero-order valence-electron chi connectivity index (χ0n) is 10.2. The third-order valence-electron chi connectivity index (χ3n) is 2.05. The van der Waals surface area contributed by atoms with Gasteiger partial charge < -0.3 is 9.47 Å². The van der Waals surface area contributed by atoms with E-state index in [1.165, 1.54) is 13.0 Å². The predicted octanol–water partition coefficient (Wildman–Crippen LogP) is 3.00. The Hall–Kier alpha value is -1.06. The predicted molar refractivity (Wildman–Crippen MR) is 68.7 cm³/mol. The standard InChI is InChI=1S/C11H11F3INO3/c1-3-18-9(17)5-7-4-8(15)16-6(2)10(7)19-11(12,13)14/h4H,3,5H2,1-2H3. The number of hydrogen-bond acceptors (Lipinski definition) is 4. The molecule has 4 nitrogen and oxygen atoms in total. The Kier molecular flexibility index (Phi) is 5.39. The maximum Gasteiger partial charge on any atom is 0.573 e. The first-order chi connectivity index (χ1) is 8.73. The van der Waals surface area contributed by atoms with Crippen molar-refractivity contribution in [1.29, 1.82) is 0 Å². The number of rotatable bonds is 4. The lowest BCUT2D eigenvalue weighted by molar-refractivity contribution is -0.275. The number of aromatic nitrogens is 1. The molecule has 0 aliphatic carbocycles. The van der Waals surface area contributed by atoms with Crippen molar-refractivity contribution in [3.8, 4) is 5.75 Å². The van der Waals surface area contributed by atoms with Crippen molar-refractivity contribution >= 4 is 28.6 Å². The van der Waals surface area contributed by atoms with Gasteiger partial charge in [0.25, 0.3) is 0 Å². The summed E-state index contributed by atoms with van der Waals surface area (Å²) in [5.41, 5.74) is 0.177. The maximum atomic E-state index is 12.3. The van der Waals surface area contributed by atoms with E-state index in [9.17, 15) is 18.0 Å². The minimum Gasteiger partial charge on any atom is -0.466 e. The van der Waals surface area contributed by atoms with Crippen LogP contribution in [0.1, 0.15) is 18.2 Å². The summed E-state index contributed by atoms with van der Waals surface area (Å²) in [6, 6.07) is 1.37. The van der Waals surface area contributed by atoms with Crippen LogP contribution in [0.2, 0.25) is 0 Å². The molecule has 0 aliphatic rings. The second-order valence-corrected chi connectivity index (χ2v) is 4.65. The molecule has 0 aromatic carbocycles. The van der Waals surface area contributed by atoms with Crippen LogP contribution < -0.4 is 4.74 Å². The van der Waals surface area contributed by atoms with E-state index < -0.39 is 18.1 Å². The van der Waals surface area contributed by atoms with Crippen molar-refractivity contribution in [3.63, 3.8) is 0 Å². The molecular formula is C11H11F3INO3. The van der Waals surface area contributed by atoms with Crippen LogP contribution in [-0.4, -0.2) is 23.9 Å². The van der Waals surface area contributed by atoms with Gasteiger partial charge in [-0.25, -0.2) is 4.98 Å². The van der Waals surface area contributed by atoms with Crippen molar-refractivity contribution in [2.45, 2.75) is 26.6 Å². The van der Waals surface area contributed by atoms with Gasteiger partial charge in [0.1, 0.15) is 3.70 Å².